The van der Waals surface area contributed by atoms with E-state index in [0.29, 0.717) is 30.8 Å². The van der Waals surface area contributed by atoms with Crippen LogP contribution in [0.3, 0.4) is 0 Å². The van der Waals surface area contributed by atoms with Gasteiger partial charge >= 0.3 is 0 Å². The Bertz CT molecular complexity index is 1110. The van der Waals surface area contributed by atoms with E-state index in [4.69, 9.17) is 0 Å². The Kier molecular flexibility index (Phi) is 6.99. The Hall–Kier alpha value is -2.29. The first-order valence-corrected chi connectivity index (χ1v) is 14.0. The van der Waals surface area contributed by atoms with Gasteiger partial charge in [0.25, 0.3) is 0 Å². The van der Waals surface area contributed by atoms with Crippen molar-refractivity contribution < 1.29 is 13.2 Å². The zero-order chi connectivity index (χ0) is 23.5. The van der Waals surface area contributed by atoms with E-state index in [2.05, 4.69) is 9.88 Å². The van der Waals surface area contributed by atoms with Gasteiger partial charge in [0.2, 0.25) is 15.9 Å². The molecule has 3 heterocycles. The lowest BCUT2D eigenvalue weighted by atomic mass is 9.92. The summed E-state index contributed by atoms with van der Waals surface area (Å²) in [5, 5.41) is 0. The van der Waals surface area contributed by atoms with Crippen molar-refractivity contribution in [2.24, 2.45) is 5.92 Å². The number of pyridine rings is 1. The third-order valence-electron chi connectivity index (χ3n) is 7.60. The van der Waals surface area contributed by atoms with Gasteiger partial charge in [-0.1, -0.05) is 6.07 Å². The maximum Gasteiger partial charge on any atom is 0.243 e. The molecule has 0 bridgehead atoms. The van der Waals surface area contributed by atoms with Crippen LogP contribution in [-0.4, -0.2) is 72.7 Å². The van der Waals surface area contributed by atoms with E-state index >= 15 is 0 Å². The predicted octanol–water partition coefficient (Wildman–Crippen LogP) is 2.71. The molecule has 1 aromatic heterocycles. The summed E-state index contributed by atoms with van der Waals surface area (Å²) in [7, 11) is -3.51. The molecule has 8 heteroatoms. The monoisotopic (exact) mass is 482 g/mol. The van der Waals surface area contributed by atoms with Gasteiger partial charge < -0.3 is 4.90 Å². The Labute approximate surface area is 202 Å². The van der Waals surface area contributed by atoms with Crippen molar-refractivity contribution in [3.05, 3.63) is 59.4 Å². The minimum absolute atomic E-state index is 0.0817. The molecule has 5 rings (SSSR count). The molecule has 0 saturated carbocycles. The molecular formula is C26H34N4O3S. The molecule has 2 aliphatic heterocycles. The number of carbonyl (C=O) groups excluding carboxylic acids is 1. The normalized spacial score (nSPS) is 20.8. The molecule has 7 nitrogen and oxygen atoms in total. The fraction of sp³-hybridized carbons (Fsp3) is 0.538. The second kappa shape index (κ2) is 10.1. The SMILES string of the molecule is O=C(C1CCN(S(=O)(=O)c2ccc3c(c2)CCCC3)CC1)N1CCN(Cc2ccncc2)CC1. The van der Waals surface area contributed by atoms with Crippen molar-refractivity contribution in [1.82, 2.24) is 19.1 Å². The van der Waals surface area contributed by atoms with Gasteiger partial charge in [-0.15, -0.1) is 0 Å². The van der Waals surface area contributed by atoms with Crippen LogP contribution in [0.2, 0.25) is 0 Å². The highest BCUT2D eigenvalue weighted by Gasteiger charge is 2.35. The smallest absolute Gasteiger partial charge is 0.243 e. The number of sulfonamides is 1. The highest BCUT2D eigenvalue weighted by atomic mass is 32.2. The largest absolute Gasteiger partial charge is 0.340 e. The summed E-state index contributed by atoms with van der Waals surface area (Å²) in [6, 6.07) is 9.70. The van der Waals surface area contributed by atoms with Crippen LogP contribution in [-0.2, 0) is 34.2 Å². The number of piperazine rings is 1. The number of rotatable bonds is 5. The van der Waals surface area contributed by atoms with Crippen LogP contribution in [0.1, 0.15) is 42.4 Å². The summed E-state index contributed by atoms with van der Waals surface area (Å²) in [6.45, 7) is 4.90. The van der Waals surface area contributed by atoms with E-state index in [0.717, 1.165) is 52.0 Å². The van der Waals surface area contributed by atoms with Gasteiger partial charge in [0, 0.05) is 64.1 Å². The molecule has 1 aliphatic carbocycles. The summed E-state index contributed by atoms with van der Waals surface area (Å²) in [4.78, 5) is 22.0. The van der Waals surface area contributed by atoms with Crippen molar-refractivity contribution in [3.8, 4) is 0 Å². The standard InChI is InChI=1S/C26H34N4O3S/c31-26(29-17-15-28(16-18-29)20-21-7-11-27-12-8-21)23-9-13-30(14-10-23)34(32,33)25-6-5-22-3-1-2-4-24(22)19-25/h5-8,11-12,19,23H,1-4,9-10,13-18,20H2. The van der Waals surface area contributed by atoms with Crippen molar-refractivity contribution >= 4 is 15.9 Å². The van der Waals surface area contributed by atoms with Crippen LogP contribution in [0, 0.1) is 5.92 Å². The van der Waals surface area contributed by atoms with Gasteiger partial charge in [-0.25, -0.2) is 8.42 Å². The topological polar surface area (TPSA) is 73.8 Å². The number of aromatic nitrogens is 1. The number of piperidine rings is 1. The minimum atomic E-state index is -3.51. The van der Waals surface area contributed by atoms with E-state index in [1.54, 1.807) is 10.4 Å². The number of benzene rings is 1. The second-order valence-electron chi connectivity index (χ2n) is 9.77. The molecular weight excluding hydrogens is 448 g/mol. The van der Waals surface area contributed by atoms with Gasteiger partial charge in [0.05, 0.1) is 4.90 Å². The van der Waals surface area contributed by atoms with Crippen LogP contribution in [0.25, 0.3) is 0 Å². The zero-order valence-corrected chi connectivity index (χ0v) is 20.5. The first kappa shape index (κ1) is 23.5. The first-order valence-electron chi connectivity index (χ1n) is 12.5. The van der Waals surface area contributed by atoms with Gasteiger partial charge in [-0.05, 0) is 79.5 Å². The van der Waals surface area contributed by atoms with Crippen LogP contribution in [0.4, 0.5) is 0 Å². The number of carbonyl (C=O) groups is 1. The lowest BCUT2D eigenvalue weighted by Gasteiger charge is -2.38. The van der Waals surface area contributed by atoms with E-state index in [9.17, 15) is 13.2 Å². The molecule has 3 aliphatic rings. The van der Waals surface area contributed by atoms with Crippen LogP contribution >= 0.6 is 0 Å². The number of amides is 1. The molecule has 0 N–H and O–H groups in total. The summed E-state index contributed by atoms with van der Waals surface area (Å²) in [6.07, 6.45) is 9.13. The van der Waals surface area contributed by atoms with Crippen molar-refractivity contribution in [2.75, 3.05) is 39.3 Å². The Morgan fingerprint density at radius 2 is 1.56 bits per heavy atom. The lowest BCUT2D eigenvalue weighted by Crippen LogP contribution is -2.51. The van der Waals surface area contributed by atoms with Crippen molar-refractivity contribution in [2.45, 2.75) is 50.0 Å². The van der Waals surface area contributed by atoms with E-state index in [1.165, 1.54) is 23.1 Å². The molecule has 182 valence electrons. The molecule has 2 aromatic rings. The number of fused-ring (bicyclic) bond motifs is 1. The summed E-state index contributed by atoms with van der Waals surface area (Å²) in [5.41, 5.74) is 3.71. The van der Waals surface area contributed by atoms with Crippen LogP contribution in [0.5, 0.6) is 0 Å². The predicted molar refractivity (Wildman–Crippen MR) is 131 cm³/mol. The minimum Gasteiger partial charge on any atom is -0.340 e. The summed E-state index contributed by atoms with van der Waals surface area (Å²) in [5.74, 6) is 0.108. The Morgan fingerprint density at radius 1 is 0.882 bits per heavy atom. The van der Waals surface area contributed by atoms with Crippen LogP contribution in [0.15, 0.2) is 47.6 Å². The van der Waals surface area contributed by atoms with Crippen molar-refractivity contribution in [1.29, 1.82) is 0 Å². The average Bonchev–Trinajstić information content (AvgIpc) is 2.89. The maximum absolute atomic E-state index is 13.3. The molecule has 0 radical (unpaired) electrons. The van der Waals surface area contributed by atoms with Gasteiger partial charge in [0.1, 0.15) is 0 Å². The fourth-order valence-corrected chi connectivity index (χ4v) is 7.01. The summed E-state index contributed by atoms with van der Waals surface area (Å²) < 4.78 is 28.1. The molecule has 2 fully saturated rings. The van der Waals surface area contributed by atoms with Gasteiger partial charge in [-0.3, -0.25) is 14.7 Å². The maximum atomic E-state index is 13.3. The van der Waals surface area contributed by atoms with E-state index < -0.39 is 10.0 Å². The molecule has 1 aromatic carbocycles. The lowest BCUT2D eigenvalue weighted by molar-refractivity contribution is -0.138. The molecule has 1 amide bonds. The third-order valence-corrected chi connectivity index (χ3v) is 9.50. The number of hydrogen-bond acceptors (Lipinski definition) is 5. The van der Waals surface area contributed by atoms with Gasteiger partial charge in [-0.2, -0.15) is 4.31 Å². The number of hydrogen-bond donors (Lipinski definition) is 0. The number of nitrogens with zero attached hydrogens (tertiary/aromatic N) is 4. The first-order chi connectivity index (χ1) is 16.5. The zero-order valence-electron chi connectivity index (χ0n) is 19.7. The third kappa shape index (κ3) is 5.04. The highest BCUT2D eigenvalue weighted by Crippen LogP contribution is 2.29. The fourth-order valence-electron chi connectivity index (χ4n) is 5.49. The Morgan fingerprint density at radius 3 is 2.26 bits per heavy atom. The molecule has 0 unspecified atom stereocenters. The highest BCUT2D eigenvalue weighted by molar-refractivity contribution is 7.89. The van der Waals surface area contributed by atoms with E-state index in [1.807, 2.05) is 41.6 Å². The molecule has 0 spiro atoms. The molecule has 0 atom stereocenters. The second-order valence-corrected chi connectivity index (χ2v) is 11.7. The molecule has 2 saturated heterocycles. The Balaban J connectivity index is 1.13. The van der Waals surface area contributed by atoms with Crippen LogP contribution < -0.4 is 0 Å². The van der Waals surface area contributed by atoms with E-state index in [-0.39, 0.29) is 11.8 Å². The number of aryl methyl sites for hydroxylation is 2. The quantitative estimate of drug-likeness (QED) is 0.655. The molecule has 34 heavy (non-hydrogen) atoms. The van der Waals surface area contributed by atoms with Crippen molar-refractivity contribution in [3.63, 3.8) is 0 Å². The van der Waals surface area contributed by atoms with Gasteiger partial charge in [0.15, 0.2) is 0 Å². The summed E-state index contributed by atoms with van der Waals surface area (Å²) >= 11 is 0. The average molecular weight is 483 g/mol.